The molecule has 11 heteroatoms. The van der Waals surface area contributed by atoms with E-state index in [1.807, 2.05) is 4.90 Å². The molecule has 1 aliphatic heterocycles. The number of carbonyl (C=O) groups excluding carboxylic acids is 2. The van der Waals surface area contributed by atoms with Gasteiger partial charge in [-0.15, -0.1) is 0 Å². The van der Waals surface area contributed by atoms with Crippen molar-refractivity contribution in [2.75, 3.05) is 23.3 Å². The molecule has 2 aliphatic rings. The number of nitrogens with zero attached hydrogens (tertiary/aromatic N) is 4. The number of fused-ring (bicyclic) bond motifs is 1. The Morgan fingerprint density at radius 2 is 2.09 bits per heavy atom. The highest BCUT2D eigenvalue weighted by Gasteiger charge is 2.31. The molecule has 1 aliphatic carbocycles. The number of piperidine rings is 1. The van der Waals surface area contributed by atoms with Crippen molar-refractivity contribution in [2.45, 2.75) is 45.2 Å². The second-order valence-electron chi connectivity index (χ2n) is 8.90. The van der Waals surface area contributed by atoms with Crippen molar-refractivity contribution in [1.82, 2.24) is 19.9 Å². The molecule has 2 amide bonds. The van der Waals surface area contributed by atoms with E-state index in [4.69, 9.17) is 0 Å². The lowest BCUT2D eigenvalue weighted by molar-refractivity contribution is -0.125. The van der Waals surface area contributed by atoms with Gasteiger partial charge in [0.15, 0.2) is 10.8 Å². The van der Waals surface area contributed by atoms with Crippen LogP contribution in [0.2, 0.25) is 0 Å². The predicted octanol–water partition coefficient (Wildman–Crippen LogP) is 2.43. The topological polar surface area (TPSA) is 109 Å². The molecule has 178 valence electrons. The predicted molar refractivity (Wildman–Crippen MR) is 128 cm³/mol. The van der Waals surface area contributed by atoms with Gasteiger partial charge in [0.1, 0.15) is 23.4 Å². The summed E-state index contributed by atoms with van der Waals surface area (Å²) in [6.45, 7) is 2.82. The minimum absolute atomic E-state index is 0.0911. The highest BCUT2D eigenvalue weighted by atomic mass is 32.1. The first kappa shape index (κ1) is 22.5. The maximum absolute atomic E-state index is 13.5. The Kier molecular flexibility index (Phi) is 6.03. The van der Waals surface area contributed by atoms with Gasteiger partial charge in [-0.1, -0.05) is 17.4 Å². The lowest BCUT2D eigenvalue weighted by atomic mass is 9.97. The Morgan fingerprint density at radius 3 is 2.88 bits per heavy atom. The van der Waals surface area contributed by atoms with Crippen molar-refractivity contribution in [3.63, 3.8) is 0 Å². The van der Waals surface area contributed by atoms with Crippen LogP contribution in [0.1, 0.15) is 31.2 Å². The fourth-order valence-electron chi connectivity index (χ4n) is 4.07. The standard InChI is InChI=1S/C23H25FN6O3S/c1-13-4-5-15(24)9-17(13)27-18(31)11-30-12-25-20-19(22(30)33)34-23(28-20)29-8-2-3-14(10-29)21(32)26-16-6-7-16/h4-5,9,12,14,16H,2-3,6-8,10-11H2,1H3,(H,26,32)(H,27,31)/t14-/m1/s1. The summed E-state index contributed by atoms with van der Waals surface area (Å²) >= 11 is 1.23. The maximum Gasteiger partial charge on any atom is 0.273 e. The number of benzene rings is 1. The molecule has 0 spiro atoms. The summed E-state index contributed by atoms with van der Waals surface area (Å²) in [6, 6.07) is 4.46. The zero-order chi connectivity index (χ0) is 23.8. The zero-order valence-electron chi connectivity index (χ0n) is 18.7. The number of anilines is 2. The number of aryl methyl sites for hydroxylation is 1. The van der Waals surface area contributed by atoms with Gasteiger partial charge in [-0.2, -0.15) is 4.98 Å². The summed E-state index contributed by atoms with van der Waals surface area (Å²) < 4.78 is 15.1. The number of aromatic nitrogens is 3. The molecule has 1 saturated heterocycles. The lowest BCUT2D eigenvalue weighted by Gasteiger charge is -2.31. The molecule has 0 radical (unpaired) electrons. The minimum atomic E-state index is -0.456. The lowest BCUT2D eigenvalue weighted by Crippen LogP contribution is -2.43. The third kappa shape index (κ3) is 4.79. The number of nitrogens with one attached hydrogen (secondary N) is 2. The van der Waals surface area contributed by atoms with Crippen molar-refractivity contribution in [3.8, 4) is 0 Å². The smallest absolute Gasteiger partial charge is 0.273 e. The molecule has 9 nitrogen and oxygen atoms in total. The number of hydrogen-bond acceptors (Lipinski definition) is 7. The van der Waals surface area contributed by atoms with Crippen LogP contribution in [-0.2, 0) is 16.1 Å². The first-order valence-corrected chi connectivity index (χ1v) is 12.2. The maximum atomic E-state index is 13.5. The third-order valence-corrected chi connectivity index (χ3v) is 7.24. The molecule has 1 saturated carbocycles. The number of hydrogen-bond donors (Lipinski definition) is 2. The van der Waals surface area contributed by atoms with Gasteiger partial charge in [0.05, 0.1) is 5.92 Å². The molecule has 0 unspecified atom stereocenters. The third-order valence-electron chi connectivity index (χ3n) is 6.15. The molecule has 3 aromatic rings. The van der Waals surface area contributed by atoms with Gasteiger partial charge in [-0.05, 0) is 50.3 Å². The number of halogens is 1. The van der Waals surface area contributed by atoms with Crippen LogP contribution in [0, 0.1) is 18.7 Å². The summed E-state index contributed by atoms with van der Waals surface area (Å²) in [6.07, 6.45) is 5.12. The fourth-order valence-corrected chi connectivity index (χ4v) is 5.07. The van der Waals surface area contributed by atoms with Crippen molar-refractivity contribution in [2.24, 2.45) is 5.92 Å². The average molecular weight is 485 g/mol. The number of carbonyl (C=O) groups is 2. The molecule has 0 bridgehead atoms. The molecule has 3 heterocycles. The normalized spacial score (nSPS) is 18.2. The van der Waals surface area contributed by atoms with E-state index in [1.54, 1.807) is 13.0 Å². The first-order chi connectivity index (χ1) is 16.4. The molecule has 34 heavy (non-hydrogen) atoms. The summed E-state index contributed by atoms with van der Waals surface area (Å²) in [7, 11) is 0. The average Bonchev–Trinajstić information content (AvgIpc) is 3.52. The van der Waals surface area contributed by atoms with Crippen molar-refractivity contribution >= 4 is 44.3 Å². The van der Waals surface area contributed by atoms with E-state index in [0.717, 1.165) is 32.2 Å². The molecule has 5 rings (SSSR count). The molecule has 1 atom stereocenters. The number of rotatable bonds is 6. The van der Waals surface area contributed by atoms with Crippen LogP contribution in [0.5, 0.6) is 0 Å². The summed E-state index contributed by atoms with van der Waals surface area (Å²) in [4.78, 5) is 48.8. The van der Waals surface area contributed by atoms with E-state index in [-0.39, 0.29) is 23.9 Å². The minimum Gasteiger partial charge on any atom is -0.353 e. The van der Waals surface area contributed by atoms with E-state index < -0.39 is 11.7 Å². The van der Waals surface area contributed by atoms with Gasteiger partial charge in [-0.3, -0.25) is 19.0 Å². The Morgan fingerprint density at radius 1 is 1.26 bits per heavy atom. The number of amides is 2. The molecule has 2 N–H and O–H groups in total. The molecular formula is C23H25FN6O3S. The van der Waals surface area contributed by atoms with Crippen molar-refractivity contribution in [1.29, 1.82) is 0 Å². The highest BCUT2D eigenvalue weighted by molar-refractivity contribution is 7.22. The van der Waals surface area contributed by atoms with Crippen LogP contribution >= 0.6 is 11.3 Å². The quantitative estimate of drug-likeness (QED) is 0.556. The monoisotopic (exact) mass is 484 g/mol. The van der Waals surface area contributed by atoms with Crippen LogP contribution < -0.4 is 21.1 Å². The molecule has 2 aromatic heterocycles. The Labute approximate surface area is 199 Å². The van der Waals surface area contributed by atoms with E-state index >= 15 is 0 Å². The van der Waals surface area contributed by atoms with Crippen LogP contribution in [0.15, 0.2) is 29.3 Å². The SMILES string of the molecule is Cc1ccc(F)cc1NC(=O)Cn1cnc2nc(N3CCC[C@@H](C(=O)NC4CC4)C3)sc2c1=O. The molecule has 2 fully saturated rings. The second kappa shape index (κ2) is 9.13. The van der Waals surface area contributed by atoms with Crippen LogP contribution in [0.4, 0.5) is 15.2 Å². The van der Waals surface area contributed by atoms with Crippen LogP contribution in [-0.4, -0.2) is 45.5 Å². The highest BCUT2D eigenvalue weighted by Crippen LogP contribution is 2.30. The molecule has 1 aromatic carbocycles. The molecular weight excluding hydrogens is 459 g/mol. The van der Waals surface area contributed by atoms with Gasteiger partial charge in [0.2, 0.25) is 11.8 Å². The first-order valence-electron chi connectivity index (χ1n) is 11.3. The van der Waals surface area contributed by atoms with E-state index in [1.165, 1.54) is 34.4 Å². The van der Waals surface area contributed by atoms with Gasteiger partial charge < -0.3 is 15.5 Å². The fraction of sp³-hybridized carbons (Fsp3) is 0.435. The van der Waals surface area contributed by atoms with Crippen molar-refractivity contribution in [3.05, 3.63) is 46.3 Å². The Bertz CT molecular complexity index is 1320. The van der Waals surface area contributed by atoms with E-state index in [9.17, 15) is 18.8 Å². The Hall–Kier alpha value is -3.34. The largest absolute Gasteiger partial charge is 0.353 e. The summed E-state index contributed by atoms with van der Waals surface area (Å²) in [5.74, 6) is -0.917. The second-order valence-corrected chi connectivity index (χ2v) is 9.88. The van der Waals surface area contributed by atoms with Crippen molar-refractivity contribution < 1.29 is 14.0 Å². The van der Waals surface area contributed by atoms with E-state index in [0.29, 0.717) is 39.3 Å². The zero-order valence-corrected chi connectivity index (χ0v) is 19.5. The van der Waals surface area contributed by atoms with Gasteiger partial charge in [-0.25, -0.2) is 9.37 Å². The summed E-state index contributed by atoms with van der Waals surface area (Å²) in [5, 5.41) is 6.37. The van der Waals surface area contributed by atoms with E-state index in [2.05, 4.69) is 20.6 Å². The van der Waals surface area contributed by atoms with Gasteiger partial charge >= 0.3 is 0 Å². The van der Waals surface area contributed by atoms with Crippen LogP contribution in [0.25, 0.3) is 10.3 Å². The van der Waals surface area contributed by atoms with Gasteiger partial charge in [0.25, 0.3) is 5.56 Å². The Balaban J connectivity index is 1.31. The van der Waals surface area contributed by atoms with Gasteiger partial charge in [0, 0.05) is 24.8 Å². The van der Waals surface area contributed by atoms with Crippen LogP contribution in [0.3, 0.4) is 0 Å². The summed E-state index contributed by atoms with van der Waals surface area (Å²) in [5.41, 5.74) is 1.04. The number of thiazole rings is 1.